The summed E-state index contributed by atoms with van der Waals surface area (Å²) in [7, 11) is -2.59. The summed E-state index contributed by atoms with van der Waals surface area (Å²) in [6, 6.07) is 3.13. The molecule has 0 aliphatic rings. The first kappa shape index (κ1) is 14.3. The van der Waals surface area contributed by atoms with Gasteiger partial charge in [0.2, 0.25) is 10.0 Å². The average molecular weight is 272 g/mol. The molecule has 0 fully saturated rings. The number of nitrogens with one attached hydrogen (secondary N) is 2. The first-order valence-corrected chi connectivity index (χ1v) is 6.53. The molecule has 0 heterocycles. The van der Waals surface area contributed by atoms with Crippen LogP contribution in [0.15, 0.2) is 35.7 Å². The molecule has 7 heteroatoms. The molecule has 1 amide bonds. The van der Waals surface area contributed by atoms with Crippen LogP contribution in [-0.4, -0.2) is 27.9 Å². The van der Waals surface area contributed by atoms with Crippen molar-refractivity contribution in [3.63, 3.8) is 0 Å². The summed E-state index contributed by atoms with van der Waals surface area (Å²) < 4.78 is 39.1. The van der Waals surface area contributed by atoms with Crippen LogP contribution < -0.4 is 10.0 Å². The van der Waals surface area contributed by atoms with Crippen molar-refractivity contribution < 1.29 is 17.6 Å². The fourth-order valence-corrected chi connectivity index (χ4v) is 2.34. The van der Waals surface area contributed by atoms with Crippen LogP contribution in [0.1, 0.15) is 10.4 Å². The van der Waals surface area contributed by atoms with E-state index < -0.39 is 26.6 Å². The lowest BCUT2D eigenvalue weighted by molar-refractivity contribution is 0.0963. The van der Waals surface area contributed by atoms with Crippen LogP contribution in [0.5, 0.6) is 0 Å². The Morgan fingerprint density at radius 1 is 1.50 bits per heavy atom. The number of benzene rings is 1. The number of sulfonamides is 1. The molecular formula is C11H13FN2O3S. The van der Waals surface area contributed by atoms with Gasteiger partial charge in [0.05, 0.1) is 0 Å². The predicted octanol–water partition coefficient (Wildman–Crippen LogP) is 0.650. The van der Waals surface area contributed by atoms with Crippen LogP contribution in [0.3, 0.4) is 0 Å². The molecule has 5 nitrogen and oxygen atoms in total. The molecule has 18 heavy (non-hydrogen) atoms. The van der Waals surface area contributed by atoms with E-state index in [-0.39, 0.29) is 12.1 Å². The Kier molecular flexibility index (Phi) is 4.57. The predicted molar refractivity (Wildman–Crippen MR) is 65.2 cm³/mol. The van der Waals surface area contributed by atoms with Gasteiger partial charge in [-0.1, -0.05) is 6.08 Å². The summed E-state index contributed by atoms with van der Waals surface area (Å²) in [5, 5.41) is 2.33. The van der Waals surface area contributed by atoms with E-state index in [1.54, 1.807) is 0 Å². The Morgan fingerprint density at radius 3 is 2.72 bits per heavy atom. The Morgan fingerprint density at radius 2 is 2.17 bits per heavy atom. The molecule has 0 unspecified atom stereocenters. The summed E-state index contributed by atoms with van der Waals surface area (Å²) in [6.07, 6.45) is 1.33. The van der Waals surface area contributed by atoms with E-state index in [1.165, 1.54) is 19.2 Å². The van der Waals surface area contributed by atoms with Gasteiger partial charge in [-0.25, -0.2) is 17.5 Å². The Hall–Kier alpha value is -1.73. The SMILES string of the molecule is C=CCNS(=O)(=O)c1cc(C(=O)NC)ccc1F. The third-order valence-corrected chi connectivity index (χ3v) is 3.57. The third kappa shape index (κ3) is 3.14. The second-order valence-corrected chi connectivity index (χ2v) is 5.10. The molecule has 0 spiro atoms. The zero-order chi connectivity index (χ0) is 13.8. The summed E-state index contributed by atoms with van der Waals surface area (Å²) >= 11 is 0. The van der Waals surface area contributed by atoms with Gasteiger partial charge in [0.1, 0.15) is 10.7 Å². The molecule has 1 rings (SSSR count). The second kappa shape index (κ2) is 5.74. The third-order valence-electron chi connectivity index (χ3n) is 2.13. The topological polar surface area (TPSA) is 75.3 Å². The summed E-state index contributed by atoms with van der Waals surface area (Å²) in [6.45, 7) is 3.33. The van der Waals surface area contributed by atoms with Crippen LogP contribution in [0.2, 0.25) is 0 Å². The summed E-state index contributed by atoms with van der Waals surface area (Å²) in [4.78, 5) is 10.8. The minimum atomic E-state index is -3.99. The Labute approximate surface area is 105 Å². The van der Waals surface area contributed by atoms with E-state index in [9.17, 15) is 17.6 Å². The van der Waals surface area contributed by atoms with Gasteiger partial charge in [0, 0.05) is 19.2 Å². The molecule has 0 aliphatic carbocycles. The molecule has 2 N–H and O–H groups in total. The number of hydrogen-bond acceptors (Lipinski definition) is 3. The van der Waals surface area contributed by atoms with E-state index in [4.69, 9.17) is 0 Å². The first-order valence-electron chi connectivity index (χ1n) is 5.04. The maximum atomic E-state index is 13.5. The van der Waals surface area contributed by atoms with Crippen LogP contribution >= 0.6 is 0 Å². The maximum absolute atomic E-state index is 13.5. The molecule has 0 saturated heterocycles. The van der Waals surface area contributed by atoms with E-state index in [2.05, 4.69) is 16.6 Å². The molecule has 1 aromatic rings. The monoisotopic (exact) mass is 272 g/mol. The van der Waals surface area contributed by atoms with Crippen molar-refractivity contribution in [2.45, 2.75) is 4.90 Å². The highest BCUT2D eigenvalue weighted by Gasteiger charge is 2.20. The highest BCUT2D eigenvalue weighted by molar-refractivity contribution is 7.89. The first-order chi connectivity index (χ1) is 8.42. The zero-order valence-corrected chi connectivity index (χ0v) is 10.6. The smallest absolute Gasteiger partial charge is 0.251 e. The van der Waals surface area contributed by atoms with Gasteiger partial charge in [-0.2, -0.15) is 0 Å². The van der Waals surface area contributed by atoms with Gasteiger partial charge >= 0.3 is 0 Å². The molecule has 0 atom stereocenters. The van der Waals surface area contributed by atoms with E-state index in [0.29, 0.717) is 0 Å². The standard InChI is InChI=1S/C11H13FN2O3S/c1-3-6-14-18(16,17)10-7-8(11(15)13-2)4-5-9(10)12/h3-5,7,14H,1,6H2,2H3,(H,13,15). The van der Waals surface area contributed by atoms with Gasteiger partial charge in [-0.3, -0.25) is 4.79 Å². The number of halogens is 1. The maximum Gasteiger partial charge on any atom is 0.251 e. The highest BCUT2D eigenvalue weighted by atomic mass is 32.2. The van der Waals surface area contributed by atoms with Crippen molar-refractivity contribution >= 4 is 15.9 Å². The molecule has 1 aromatic carbocycles. The fraction of sp³-hybridized carbons (Fsp3) is 0.182. The van der Waals surface area contributed by atoms with Crippen molar-refractivity contribution in [1.82, 2.24) is 10.0 Å². The van der Waals surface area contributed by atoms with Gasteiger partial charge in [0.25, 0.3) is 5.91 Å². The molecule has 0 bridgehead atoms. The minimum Gasteiger partial charge on any atom is -0.355 e. The minimum absolute atomic E-state index is 0.0219. The van der Waals surface area contributed by atoms with Gasteiger partial charge in [-0.05, 0) is 18.2 Å². The average Bonchev–Trinajstić information content (AvgIpc) is 2.35. The van der Waals surface area contributed by atoms with Gasteiger partial charge in [0.15, 0.2) is 0 Å². The number of carbonyl (C=O) groups is 1. The lowest BCUT2D eigenvalue weighted by Crippen LogP contribution is -2.25. The Balaban J connectivity index is 3.23. The van der Waals surface area contributed by atoms with E-state index in [1.807, 2.05) is 0 Å². The van der Waals surface area contributed by atoms with Crippen molar-refractivity contribution in [2.24, 2.45) is 0 Å². The summed E-state index contributed by atoms with van der Waals surface area (Å²) in [5.41, 5.74) is 0.0675. The van der Waals surface area contributed by atoms with E-state index >= 15 is 0 Å². The Bertz CT molecular complexity index is 570. The second-order valence-electron chi connectivity index (χ2n) is 3.36. The zero-order valence-electron chi connectivity index (χ0n) is 9.73. The van der Waals surface area contributed by atoms with Crippen molar-refractivity contribution in [2.75, 3.05) is 13.6 Å². The molecule has 0 saturated carbocycles. The lowest BCUT2D eigenvalue weighted by atomic mass is 10.2. The van der Waals surface area contributed by atoms with Gasteiger partial charge < -0.3 is 5.32 Å². The molecular weight excluding hydrogens is 259 g/mol. The number of rotatable bonds is 5. The number of amides is 1. The highest BCUT2D eigenvalue weighted by Crippen LogP contribution is 2.16. The van der Waals surface area contributed by atoms with Crippen LogP contribution in [0, 0.1) is 5.82 Å². The van der Waals surface area contributed by atoms with E-state index in [0.717, 1.165) is 12.1 Å². The fourth-order valence-electron chi connectivity index (χ4n) is 1.24. The summed E-state index contributed by atoms with van der Waals surface area (Å²) in [5.74, 6) is -1.41. The number of hydrogen-bond donors (Lipinski definition) is 2. The van der Waals surface area contributed by atoms with Crippen LogP contribution in [0.25, 0.3) is 0 Å². The molecule has 0 aromatic heterocycles. The van der Waals surface area contributed by atoms with Crippen molar-refractivity contribution in [3.8, 4) is 0 Å². The number of carbonyl (C=O) groups excluding carboxylic acids is 1. The molecule has 0 aliphatic heterocycles. The quantitative estimate of drug-likeness (QED) is 0.773. The van der Waals surface area contributed by atoms with Crippen molar-refractivity contribution in [3.05, 3.63) is 42.2 Å². The van der Waals surface area contributed by atoms with Crippen molar-refractivity contribution in [1.29, 1.82) is 0 Å². The van der Waals surface area contributed by atoms with Crippen LogP contribution in [-0.2, 0) is 10.0 Å². The lowest BCUT2D eigenvalue weighted by Gasteiger charge is -2.07. The molecule has 98 valence electrons. The largest absolute Gasteiger partial charge is 0.355 e. The van der Waals surface area contributed by atoms with Crippen LogP contribution in [0.4, 0.5) is 4.39 Å². The van der Waals surface area contributed by atoms with Gasteiger partial charge in [-0.15, -0.1) is 6.58 Å². The normalized spacial score (nSPS) is 11.0. The molecule has 0 radical (unpaired) electrons.